The lowest BCUT2D eigenvalue weighted by Crippen LogP contribution is -2.37. The largest absolute Gasteiger partial charge is 0.496 e. The summed E-state index contributed by atoms with van der Waals surface area (Å²) in [4.78, 5) is 2.20. The van der Waals surface area contributed by atoms with Gasteiger partial charge in [-0.3, -0.25) is 0 Å². The van der Waals surface area contributed by atoms with Gasteiger partial charge in [-0.15, -0.1) is 0 Å². The molecule has 4 nitrogen and oxygen atoms in total. The summed E-state index contributed by atoms with van der Waals surface area (Å²) in [5.41, 5.74) is 1.85. The number of ether oxygens (including phenoxy) is 2. The second kappa shape index (κ2) is 5.80. The van der Waals surface area contributed by atoms with Gasteiger partial charge in [0.2, 0.25) is 0 Å². The van der Waals surface area contributed by atoms with Crippen molar-refractivity contribution >= 4 is 5.69 Å². The molecule has 1 saturated heterocycles. The maximum absolute atomic E-state index is 10.0. The molecule has 3 atom stereocenters. The van der Waals surface area contributed by atoms with Gasteiger partial charge in [-0.1, -0.05) is 6.07 Å². The minimum atomic E-state index is -0.564. The molecule has 19 heavy (non-hydrogen) atoms. The van der Waals surface area contributed by atoms with Crippen molar-refractivity contribution in [3.63, 3.8) is 0 Å². The Labute approximate surface area is 114 Å². The number of hydrogen-bond acceptors (Lipinski definition) is 4. The number of rotatable bonds is 4. The van der Waals surface area contributed by atoms with Crippen molar-refractivity contribution in [2.75, 3.05) is 25.7 Å². The normalized spacial score (nSPS) is 24.3. The number of likely N-dealkylation sites (N-methyl/N-ethyl adjacent to an activating group) is 1. The van der Waals surface area contributed by atoms with E-state index in [1.54, 1.807) is 14.0 Å². The van der Waals surface area contributed by atoms with Crippen LogP contribution < -0.4 is 9.64 Å². The molecule has 1 aromatic rings. The highest BCUT2D eigenvalue weighted by Crippen LogP contribution is 2.36. The lowest BCUT2D eigenvalue weighted by Gasteiger charge is -2.31. The summed E-state index contributed by atoms with van der Waals surface area (Å²) in [6, 6.07) is 6.20. The molecule has 1 aromatic carbocycles. The van der Waals surface area contributed by atoms with Crippen LogP contribution in [0.5, 0.6) is 5.75 Å². The van der Waals surface area contributed by atoms with E-state index in [0.29, 0.717) is 6.04 Å². The molecule has 1 fully saturated rings. The molecule has 4 heteroatoms. The monoisotopic (exact) mass is 265 g/mol. The molecule has 0 amide bonds. The number of aliphatic hydroxyl groups is 1. The number of nitrogens with zero attached hydrogens (tertiary/aromatic N) is 1. The van der Waals surface area contributed by atoms with E-state index >= 15 is 0 Å². The van der Waals surface area contributed by atoms with Crippen LogP contribution in [0.15, 0.2) is 18.2 Å². The average Bonchev–Trinajstić information content (AvgIpc) is 2.83. The van der Waals surface area contributed by atoms with Crippen LogP contribution in [0.1, 0.15) is 31.9 Å². The number of hydrogen-bond donors (Lipinski definition) is 1. The minimum absolute atomic E-state index is 0.207. The third-order valence-electron chi connectivity index (χ3n) is 3.89. The van der Waals surface area contributed by atoms with Crippen molar-refractivity contribution in [2.24, 2.45) is 0 Å². The Kier molecular flexibility index (Phi) is 4.32. The van der Waals surface area contributed by atoms with Crippen LogP contribution in [0.2, 0.25) is 0 Å². The van der Waals surface area contributed by atoms with Crippen LogP contribution >= 0.6 is 0 Å². The first-order valence-electron chi connectivity index (χ1n) is 6.75. The lowest BCUT2D eigenvalue weighted by atomic mass is 10.0. The Hall–Kier alpha value is -1.26. The maximum Gasteiger partial charge on any atom is 0.126 e. The summed E-state index contributed by atoms with van der Waals surface area (Å²) >= 11 is 0. The third kappa shape index (κ3) is 2.69. The molecule has 0 bridgehead atoms. The predicted molar refractivity (Wildman–Crippen MR) is 75.8 cm³/mol. The zero-order chi connectivity index (χ0) is 14.0. The quantitative estimate of drug-likeness (QED) is 0.907. The van der Waals surface area contributed by atoms with Crippen molar-refractivity contribution in [3.05, 3.63) is 23.8 Å². The molecular formula is C15H23NO3. The Morgan fingerprint density at radius 2 is 2.21 bits per heavy atom. The number of anilines is 1. The smallest absolute Gasteiger partial charge is 0.126 e. The summed E-state index contributed by atoms with van der Waals surface area (Å²) in [5.74, 6) is 0.728. The standard InChI is InChI=1S/C15H23NO3/c1-10(17)15-13(6-5-7-14(15)18-4)16(3)12-8-9-19-11(12)2/h5-7,10-12,17H,8-9H2,1-4H3. The zero-order valence-corrected chi connectivity index (χ0v) is 12.1. The van der Waals surface area contributed by atoms with Gasteiger partial charge in [0.05, 0.1) is 25.4 Å². The summed E-state index contributed by atoms with van der Waals surface area (Å²) in [5, 5.41) is 10.0. The second-order valence-corrected chi connectivity index (χ2v) is 5.11. The van der Waals surface area contributed by atoms with E-state index in [2.05, 4.69) is 18.9 Å². The zero-order valence-electron chi connectivity index (χ0n) is 12.1. The van der Waals surface area contributed by atoms with E-state index in [-0.39, 0.29) is 6.10 Å². The van der Waals surface area contributed by atoms with Crippen LogP contribution in [-0.4, -0.2) is 38.0 Å². The topological polar surface area (TPSA) is 41.9 Å². The van der Waals surface area contributed by atoms with E-state index < -0.39 is 6.10 Å². The fourth-order valence-corrected chi connectivity index (χ4v) is 2.85. The SMILES string of the molecule is COc1cccc(N(C)C2CCOC2C)c1C(C)O. The van der Waals surface area contributed by atoms with E-state index in [4.69, 9.17) is 9.47 Å². The first-order valence-corrected chi connectivity index (χ1v) is 6.75. The van der Waals surface area contributed by atoms with Gasteiger partial charge >= 0.3 is 0 Å². The van der Waals surface area contributed by atoms with Crippen LogP contribution in [0.25, 0.3) is 0 Å². The third-order valence-corrected chi connectivity index (χ3v) is 3.89. The molecule has 106 valence electrons. The molecule has 0 aliphatic carbocycles. The first-order chi connectivity index (χ1) is 9.06. The molecule has 0 radical (unpaired) electrons. The summed E-state index contributed by atoms with van der Waals surface area (Å²) in [7, 11) is 3.68. The van der Waals surface area contributed by atoms with Crippen molar-refractivity contribution in [1.82, 2.24) is 0 Å². The van der Waals surface area contributed by atoms with Gasteiger partial charge < -0.3 is 19.5 Å². The van der Waals surface area contributed by atoms with E-state index in [1.807, 2.05) is 18.2 Å². The number of methoxy groups -OCH3 is 1. The average molecular weight is 265 g/mol. The molecule has 1 aliphatic heterocycles. The first kappa shape index (κ1) is 14.2. The van der Waals surface area contributed by atoms with Crippen LogP contribution in [0.3, 0.4) is 0 Å². The summed E-state index contributed by atoms with van der Waals surface area (Å²) in [6.07, 6.45) is 0.651. The predicted octanol–water partition coefficient (Wildman–Crippen LogP) is 2.36. The molecule has 0 spiro atoms. The van der Waals surface area contributed by atoms with Crippen molar-refractivity contribution < 1.29 is 14.6 Å². The second-order valence-electron chi connectivity index (χ2n) is 5.11. The molecule has 1 N–H and O–H groups in total. The highest BCUT2D eigenvalue weighted by atomic mass is 16.5. The fourth-order valence-electron chi connectivity index (χ4n) is 2.85. The van der Waals surface area contributed by atoms with Crippen LogP contribution in [0, 0.1) is 0 Å². The Morgan fingerprint density at radius 1 is 1.47 bits per heavy atom. The highest BCUT2D eigenvalue weighted by molar-refractivity contribution is 5.60. The number of aliphatic hydroxyl groups excluding tert-OH is 1. The Morgan fingerprint density at radius 3 is 2.74 bits per heavy atom. The van der Waals surface area contributed by atoms with E-state index in [9.17, 15) is 5.11 Å². The van der Waals surface area contributed by atoms with Gasteiger partial charge in [0.1, 0.15) is 5.75 Å². The van der Waals surface area contributed by atoms with Crippen LogP contribution in [-0.2, 0) is 4.74 Å². The number of benzene rings is 1. The highest BCUT2D eigenvalue weighted by Gasteiger charge is 2.30. The van der Waals surface area contributed by atoms with Crippen molar-refractivity contribution in [2.45, 2.75) is 38.5 Å². The van der Waals surface area contributed by atoms with E-state index in [1.165, 1.54) is 0 Å². The van der Waals surface area contributed by atoms with E-state index in [0.717, 1.165) is 30.0 Å². The minimum Gasteiger partial charge on any atom is -0.496 e. The maximum atomic E-state index is 10.0. The molecule has 1 aliphatic rings. The molecule has 2 rings (SSSR count). The fraction of sp³-hybridized carbons (Fsp3) is 0.600. The van der Waals surface area contributed by atoms with Crippen LogP contribution in [0.4, 0.5) is 5.69 Å². The molecule has 1 heterocycles. The summed E-state index contributed by atoms with van der Waals surface area (Å²) in [6.45, 7) is 4.66. The Bertz CT molecular complexity index is 433. The van der Waals surface area contributed by atoms with Crippen molar-refractivity contribution in [1.29, 1.82) is 0 Å². The van der Waals surface area contributed by atoms with Gasteiger partial charge in [0, 0.05) is 24.9 Å². The molecule has 3 unspecified atom stereocenters. The van der Waals surface area contributed by atoms with Crippen molar-refractivity contribution in [3.8, 4) is 5.75 Å². The molecular weight excluding hydrogens is 242 g/mol. The Balaban J connectivity index is 2.38. The lowest BCUT2D eigenvalue weighted by molar-refractivity contribution is 0.118. The molecule has 0 saturated carbocycles. The van der Waals surface area contributed by atoms with Gasteiger partial charge in [0.15, 0.2) is 0 Å². The van der Waals surface area contributed by atoms with Gasteiger partial charge in [-0.05, 0) is 32.4 Å². The van der Waals surface area contributed by atoms with Gasteiger partial charge in [-0.25, -0.2) is 0 Å². The summed E-state index contributed by atoms with van der Waals surface area (Å²) < 4.78 is 11.0. The van der Waals surface area contributed by atoms with Gasteiger partial charge in [0.25, 0.3) is 0 Å². The molecule has 0 aromatic heterocycles. The van der Waals surface area contributed by atoms with Gasteiger partial charge in [-0.2, -0.15) is 0 Å².